The zero-order valence-corrected chi connectivity index (χ0v) is 28.6. The van der Waals surface area contributed by atoms with Crippen LogP contribution in [0.25, 0.3) is 44.6 Å². The van der Waals surface area contributed by atoms with Gasteiger partial charge in [-0.1, -0.05) is 79.7 Å². The number of aryl methyl sites for hydroxylation is 4. The van der Waals surface area contributed by atoms with E-state index < -0.39 is 13.2 Å². The van der Waals surface area contributed by atoms with Gasteiger partial charge in [-0.05, 0) is 78.3 Å². The third-order valence-corrected chi connectivity index (χ3v) is 7.53. The molecule has 0 aliphatic carbocycles. The van der Waals surface area contributed by atoms with E-state index in [1.807, 2.05) is 61.7 Å². The Balaban J connectivity index is 0.000000302. The van der Waals surface area contributed by atoms with Crippen LogP contribution in [-0.4, -0.2) is 15.0 Å². The summed E-state index contributed by atoms with van der Waals surface area (Å²) in [6.45, 7) is 6.16. The minimum atomic E-state index is -2.34. The van der Waals surface area contributed by atoms with Crippen LogP contribution in [0, 0.1) is 25.9 Å². The van der Waals surface area contributed by atoms with E-state index in [2.05, 4.69) is 66.1 Å². The van der Waals surface area contributed by atoms with Crippen LogP contribution in [0.1, 0.15) is 55.6 Å². The molecule has 0 amide bonds. The first kappa shape index (κ1) is 26.7. The first-order valence-corrected chi connectivity index (χ1v) is 14.9. The molecule has 4 aromatic heterocycles. The quantitative estimate of drug-likeness (QED) is 0.163. The summed E-state index contributed by atoms with van der Waals surface area (Å²) < 4.78 is 46.5. The van der Waals surface area contributed by atoms with Crippen molar-refractivity contribution in [1.82, 2.24) is 15.0 Å². The predicted octanol–water partition coefficient (Wildman–Crippen LogP) is 10.1. The summed E-state index contributed by atoms with van der Waals surface area (Å²) in [5.74, 6) is 0. The fourth-order valence-electron chi connectivity index (χ4n) is 5.00. The van der Waals surface area contributed by atoms with E-state index in [0.29, 0.717) is 27.8 Å². The van der Waals surface area contributed by atoms with Crippen molar-refractivity contribution in [2.75, 3.05) is 0 Å². The molecule has 4 nitrogen and oxygen atoms in total. The van der Waals surface area contributed by atoms with E-state index in [1.54, 1.807) is 30.5 Å². The average Bonchev–Trinajstić information content (AvgIpc) is 3.47. The van der Waals surface area contributed by atoms with Gasteiger partial charge in [-0.15, -0.1) is 54.1 Å². The molecule has 1 radical (unpaired) electrons. The van der Waals surface area contributed by atoms with E-state index >= 15 is 0 Å². The Morgan fingerprint density at radius 2 is 1.67 bits per heavy atom. The topological polar surface area (TPSA) is 51.8 Å². The molecule has 7 rings (SSSR count). The summed E-state index contributed by atoms with van der Waals surface area (Å²) in [6, 6.07) is 36.5. The van der Waals surface area contributed by atoms with Crippen molar-refractivity contribution in [3.8, 4) is 22.5 Å². The first-order valence-electron chi connectivity index (χ1n) is 17.4. The van der Waals surface area contributed by atoms with Crippen LogP contribution >= 0.6 is 0 Å². The Morgan fingerprint density at radius 3 is 2.39 bits per heavy atom. The normalized spacial score (nSPS) is 13.3. The zero-order chi connectivity index (χ0) is 35.7. The number of hydrogen-bond acceptors (Lipinski definition) is 4. The Hall–Kier alpha value is -4.44. The summed E-state index contributed by atoms with van der Waals surface area (Å²) in [5.41, 5.74) is 7.63. The third kappa shape index (κ3) is 7.67. The number of pyridine rings is 3. The molecule has 4 heterocycles. The fraction of sp³-hybridized carbons (Fsp3) is 0.195. The summed E-state index contributed by atoms with van der Waals surface area (Å²) in [4.78, 5) is 13.0. The van der Waals surface area contributed by atoms with Crippen LogP contribution in [0.2, 0.25) is 0 Å². The van der Waals surface area contributed by atoms with Gasteiger partial charge in [-0.2, -0.15) is 0 Å². The van der Waals surface area contributed by atoms with Gasteiger partial charge < -0.3 is 14.4 Å². The monoisotopic (exact) mass is 785 g/mol. The van der Waals surface area contributed by atoms with Gasteiger partial charge in [0.05, 0.1) is 5.58 Å². The molecule has 0 unspecified atom stereocenters. The van der Waals surface area contributed by atoms with Gasteiger partial charge in [0.1, 0.15) is 0 Å². The number of furan rings is 1. The van der Waals surface area contributed by atoms with Crippen molar-refractivity contribution in [3.05, 3.63) is 150 Å². The van der Waals surface area contributed by atoms with Gasteiger partial charge in [0.15, 0.2) is 0 Å². The molecule has 7 aromatic rings. The number of hydrogen-bond donors (Lipinski definition) is 0. The first-order chi connectivity index (χ1) is 23.7. The van der Waals surface area contributed by atoms with Crippen LogP contribution in [0.3, 0.4) is 0 Å². The molecule has 5 heteroatoms. The molecule has 0 atom stereocenters. The molecule has 0 spiro atoms. The Labute approximate surface area is 292 Å². The van der Waals surface area contributed by atoms with E-state index in [4.69, 9.17) is 11.3 Å². The number of fused-ring (bicyclic) bond motifs is 3. The van der Waals surface area contributed by atoms with Gasteiger partial charge in [0, 0.05) is 50.4 Å². The Morgan fingerprint density at radius 1 is 0.826 bits per heavy atom. The standard InChI is InChI=1S/C29H27N2O.C12H10N.Ir/c1-19-8-15-24-23-6-5-7-25(27(23)32-28(24)31-19)26-18-21(16-17-30-26)10-9-20-11-13-22(14-12-20)29(2,3)4;1-10-7-8-12(13-9-10)11-5-3-2-4-6-11;/h5-6,8,11-18H,9-10H2,1-4H3;2-5,7-9H,1H3;/q2*-1;/i1D3,10D2;;. The molecule has 0 saturated carbocycles. The smallest absolute Gasteiger partial charge is 0.216 e. The second-order valence-corrected chi connectivity index (χ2v) is 12.0. The van der Waals surface area contributed by atoms with E-state index in [-0.39, 0.29) is 43.3 Å². The Kier molecular flexibility index (Phi) is 8.33. The molecule has 0 bridgehead atoms. The number of nitrogens with zero attached hydrogens (tertiary/aromatic N) is 3. The molecule has 233 valence electrons. The molecule has 0 saturated heterocycles. The third-order valence-electron chi connectivity index (χ3n) is 7.53. The van der Waals surface area contributed by atoms with E-state index in [0.717, 1.165) is 22.2 Å². The van der Waals surface area contributed by atoms with Crippen LogP contribution in [-0.2, 0) is 38.3 Å². The number of rotatable bonds is 5. The second-order valence-electron chi connectivity index (χ2n) is 12.0. The van der Waals surface area contributed by atoms with Crippen molar-refractivity contribution in [2.45, 2.75) is 52.8 Å². The van der Waals surface area contributed by atoms with Crippen molar-refractivity contribution in [1.29, 1.82) is 0 Å². The van der Waals surface area contributed by atoms with Gasteiger partial charge in [-0.25, -0.2) is 4.98 Å². The van der Waals surface area contributed by atoms with Crippen molar-refractivity contribution >= 4 is 22.1 Å². The SMILES string of the molecule is Cc1ccc(-c2[c-]cccc2)nc1.[2H]C([2H])([2H])c1ccc2c(n1)oc1c(-c3cc(C([2H])([2H])Cc4ccc(C(C)(C)C)cc4)ccn3)[c-]ccc12.[Ir]. The van der Waals surface area contributed by atoms with Gasteiger partial charge in [0.2, 0.25) is 5.71 Å². The van der Waals surface area contributed by atoms with E-state index in [9.17, 15) is 0 Å². The van der Waals surface area contributed by atoms with Gasteiger partial charge in [-0.3, -0.25) is 0 Å². The largest absolute Gasteiger partial charge is 0.486 e. The van der Waals surface area contributed by atoms with Gasteiger partial charge in [0.25, 0.3) is 0 Å². The van der Waals surface area contributed by atoms with Crippen LogP contribution in [0.15, 0.2) is 114 Å². The molecule has 0 aliphatic heterocycles. The summed E-state index contributed by atoms with van der Waals surface area (Å²) in [5, 5.41) is 1.46. The number of aromatic nitrogens is 3. The molecule has 0 aliphatic rings. The van der Waals surface area contributed by atoms with Gasteiger partial charge >= 0.3 is 0 Å². The molecular formula is C41H37IrN3O-2. The van der Waals surface area contributed by atoms with Crippen LogP contribution < -0.4 is 0 Å². The maximum absolute atomic E-state index is 8.82. The molecule has 0 fully saturated rings. The minimum absolute atomic E-state index is 0. The van der Waals surface area contributed by atoms with Crippen LogP contribution in [0.5, 0.6) is 0 Å². The zero-order valence-electron chi connectivity index (χ0n) is 31.2. The maximum Gasteiger partial charge on any atom is 0.216 e. The van der Waals surface area contributed by atoms with Crippen molar-refractivity contribution in [2.24, 2.45) is 0 Å². The minimum Gasteiger partial charge on any atom is -0.486 e. The van der Waals surface area contributed by atoms with Crippen LogP contribution in [0.4, 0.5) is 0 Å². The number of benzene rings is 3. The molecule has 3 aromatic carbocycles. The van der Waals surface area contributed by atoms with Crippen molar-refractivity contribution < 1.29 is 31.4 Å². The fourth-order valence-corrected chi connectivity index (χ4v) is 5.00. The van der Waals surface area contributed by atoms with Crippen molar-refractivity contribution in [3.63, 3.8) is 0 Å². The predicted molar refractivity (Wildman–Crippen MR) is 184 cm³/mol. The molecule has 46 heavy (non-hydrogen) atoms. The molecular weight excluding hydrogens is 743 g/mol. The maximum atomic E-state index is 8.82. The Bertz CT molecular complexity index is 2240. The summed E-state index contributed by atoms with van der Waals surface area (Å²) in [7, 11) is 0. The summed E-state index contributed by atoms with van der Waals surface area (Å²) >= 11 is 0. The molecule has 0 N–H and O–H groups in total. The average molecular weight is 785 g/mol. The van der Waals surface area contributed by atoms with E-state index in [1.165, 1.54) is 17.2 Å². The summed E-state index contributed by atoms with van der Waals surface area (Å²) in [6.07, 6.45) is 2.06. The second kappa shape index (κ2) is 14.3.